The van der Waals surface area contributed by atoms with E-state index in [2.05, 4.69) is 20.9 Å². The molecule has 0 unspecified atom stereocenters. The van der Waals surface area contributed by atoms with E-state index in [1.807, 2.05) is 19.1 Å². The molecule has 3 nitrogen and oxygen atoms in total. The molecule has 84 valence electrons. The molecule has 0 atom stereocenters. The number of aryl methyl sites for hydroxylation is 1. The molecule has 2 rings (SSSR count). The number of ether oxygens (including phenoxy) is 1. The molecule has 0 N–H and O–H groups in total. The first-order valence-corrected chi connectivity index (χ1v) is 6.86. The van der Waals surface area contributed by atoms with Crippen molar-refractivity contribution in [2.24, 2.45) is 0 Å². The van der Waals surface area contributed by atoms with Crippen molar-refractivity contribution in [2.45, 2.75) is 6.92 Å². The molecule has 0 amide bonds. The van der Waals surface area contributed by atoms with Crippen molar-refractivity contribution in [3.05, 3.63) is 26.6 Å². The number of carbonyl (C=O) groups is 1. The molecule has 0 aliphatic heterocycles. The molecule has 2 heterocycles. The zero-order chi connectivity index (χ0) is 11.7. The van der Waals surface area contributed by atoms with Crippen LogP contribution in [-0.4, -0.2) is 18.1 Å². The van der Waals surface area contributed by atoms with E-state index in [1.165, 1.54) is 18.4 Å². The lowest BCUT2D eigenvalue weighted by Crippen LogP contribution is -2.02. The first kappa shape index (κ1) is 11.8. The van der Waals surface area contributed by atoms with Gasteiger partial charge in [0.15, 0.2) is 5.69 Å². The zero-order valence-electron chi connectivity index (χ0n) is 8.61. The molecule has 0 bridgehead atoms. The number of hydrogen-bond donors (Lipinski definition) is 0. The molecule has 0 aliphatic carbocycles. The topological polar surface area (TPSA) is 39.2 Å². The minimum atomic E-state index is -0.385. The second-order valence-corrected chi connectivity index (χ2v) is 6.67. The lowest BCUT2D eigenvalue weighted by molar-refractivity contribution is 0.0595. The summed E-state index contributed by atoms with van der Waals surface area (Å²) in [5.74, 6) is -0.385. The van der Waals surface area contributed by atoms with Gasteiger partial charge in [0.25, 0.3) is 0 Å². The molecular formula is C10H8BrNO2S2. The Labute approximate surface area is 109 Å². The molecule has 0 spiro atoms. The van der Waals surface area contributed by atoms with Crippen LogP contribution in [0.3, 0.4) is 0 Å². The fourth-order valence-electron chi connectivity index (χ4n) is 1.27. The first-order chi connectivity index (χ1) is 7.61. The summed E-state index contributed by atoms with van der Waals surface area (Å²) in [5, 5.41) is 0.861. The maximum absolute atomic E-state index is 11.5. The van der Waals surface area contributed by atoms with E-state index in [0.717, 1.165) is 18.5 Å². The largest absolute Gasteiger partial charge is 0.464 e. The van der Waals surface area contributed by atoms with E-state index in [0.29, 0.717) is 5.69 Å². The smallest absolute Gasteiger partial charge is 0.358 e. The van der Waals surface area contributed by atoms with E-state index in [4.69, 9.17) is 4.74 Å². The van der Waals surface area contributed by atoms with Crippen LogP contribution in [0.25, 0.3) is 9.75 Å². The number of hydrogen-bond acceptors (Lipinski definition) is 5. The van der Waals surface area contributed by atoms with Crippen molar-refractivity contribution in [3.63, 3.8) is 0 Å². The monoisotopic (exact) mass is 317 g/mol. The van der Waals surface area contributed by atoms with Crippen LogP contribution in [0.1, 0.15) is 15.5 Å². The Morgan fingerprint density at radius 3 is 2.75 bits per heavy atom. The Morgan fingerprint density at radius 1 is 1.44 bits per heavy atom. The van der Waals surface area contributed by atoms with Crippen molar-refractivity contribution in [2.75, 3.05) is 7.11 Å². The van der Waals surface area contributed by atoms with Gasteiger partial charge in [-0.25, -0.2) is 9.78 Å². The highest BCUT2D eigenvalue weighted by Gasteiger charge is 2.19. The minimum absolute atomic E-state index is 0.385. The highest BCUT2D eigenvalue weighted by Crippen LogP contribution is 2.37. The van der Waals surface area contributed by atoms with Crippen LogP contribution in [-0.2, 0) is 4.74 Å². The lowest BCUT2D eigenvalue weighted by atomic mass is 10.3. The molecule has 0 saturated carbocycles. The van der Waals surface area contributed by atoms with Crippen molar-refractivity contribution in [1.29, 1.82) is 0 Å². The van der Waals surface area contributed by atoms with E-state index in [9.17, 15) is 4.79 Å². The maximum Gasteiger partial charge on any atom is 0.358 e. The van der Waals surface area contributed by atoms with Gasteiger partial charge in [-0.3, -0.25) is 0 Å². The molecule has 2 aromatic heterocycles. The number of halogens is 1. The summed E-state index contributed by atoms with van der Waals surface area (Å²) in [7, 11) is 1.37. The summed E-state index contributed by atoms with van der Waals surface area (Å²) in [6.07, 6.45) is 0. The Balaban J connectivity index is 2.52. The number of carbonyl (C=O) groups excluding carboxylic acids is 1. The van der Waals surface area contributed by atoms with E-state index < -0.39 is 0 Å². The average Bonchev–Trinajstić information content (AvgIpc) is 2.83. The number of methoxy groups -OCH3 is 1. The van der Waals surface area contributed by atoms with Crippen LogP contribution in [0.5, 0.6) is 0 Å². The first-order valence-electron chi connectivity index (χ1n) is 4.43. The maximum atomic E-state index is 11.5. The number of aromatic nitrogens is 1. The van der Waals surface area contributed by atoms with Crippen LogP contribution in [0.4, 0.5) is 0 Å². The molecule has 6 heteroatoms. The van der Waals surface area contributed by atoms with Gasteiger partial charge >= 0.3 is 5.97 Å². The van der Waals surface area contributed by atoms with Crippen LogP contribution >= 0.6 is 38.6 Å². The number of thiazole rings is 1. The van der Waals surface area contributed by atoms with E-state index in [-0.39, 0.29) is 5.97 Å². The Morgan fingerprint density at radius 2 is 2.19 bits per heavy atom. The SMILES string of the molecule is COC(=O)c1nc(C)sc1-c1ccc(Br)s1. The zero-order valence-corrected chi connectivity index (χ0v) is 11.8. The summed E-state index contributed by atoms with van der Waals surface area (Å²) in [4.78, 5) is 17.6. The van der Waals surface area contributed by atoms with Crippen LogP contribution in [0.15, 0.2) is 15.9 Å². The summed E-state index contributed by atoms with van der Waals surface area (Å²) >= 11 is 6.48. The van der Waals surface area contributed by atoms with Crippen molar-refractivity contribution in [1.82, 2.24) is 4.98 Å². The Bertz CT molecular complexity index is 533. The number of nitrogens with zero attached hydrogens (tertiary/aromatic N) is 1. The molecule has 0 aromatic carbocycles. The third-order valence-electron chi connectivity index (χ3n) is 1.91. The second kappa shape index (κ2) is 4.65. The van der Waals surface area contributed by atoms with Gasteiger partial charge in [-0.2, -0.15) is 0 Å². The van der Waals surface area contributed by atoms with Gasteiger partial charge < -0.3 is 4.74 Å². The quantitative estimate of drug-likeness (QED) is 0.792. The van der Waals surface area contributed by atoms with Gasteiger partial charge in [0, 0.05) is 4.88 Å². The van der Waals surface area contributed by atoms with Gasteiger partial charge in [0.05, 0.1) is 20.8 Å². The molecular weight excluding hydrogens is 310 g/mol. The van der Waals surface area contributed by atoms with Crippen molar-refractivity contribution < 1.29 is 9.53 Å². The van der Waals surface area contributed by atoms with Crippen LogP contribution in [0.2, 0.25) is 0 Å². The molecule has 16 heavy (non-hydrogen) atoms. The second-order valence-electron chi connectivity index (χ2n) is 3.01. The fraction of sp³-hybridized carbons (Fsp3) is 0.200. The Hall–Kier alpha value is -0.720. The van der Waals surface area contributed by atoms with Gasteiger partial charge in [-0.1, -0.05) is 0 Å². The standard InChI is InChI=1S/C10H8BrNO2S2/c1-5-12-8(10(13)14-2)9(15-5)6-3-4-7(11)16-6/h3-4H,1-2H3. The van der Waals surface area contributed by atoms with Gasteiger partial charge in [-0.05, 0) is 35.0 Å². The molecule has 2 aromatic rings. The molecule has 0 fully saturated rings. The molecule has 0 saturated heterocycles. The van der Waals surface area contributed by atoms with Gasteiger partial charge in [0.1, 0.15) is 0 Å². The average molecular weight is 318 g/mol. The lowest BCUT2D eigenvalue weighted by Gasteiger charge is -1.97. The predicted octanol–water partition coefficient (Wildman–Crippen LogP) is 3.73. The van der Waals surface area contributed by atoms with E-state index in [1.54, 1.807) is 11.3 Å². The Kier molecular flexibility index (Phi) is 3.41. The summed E-state index contributed by atoms with van der Waals surface area (Å²) in [6, 6.07) is 3.92. The fourth-order valence-corrected chi connectivity index (χ4v) is 3.67. The minimum Gasteiger partial charge on any atom is -0.464 e. The molecule has 0 radical (unpaired) electrons. The van der Waals surface area contributed by atoms with Gasteiger partial charge in [-0.15, -0.1) is 22.7 Å². The van der Waals surface area contributed by atoms with Crippen LogP contribution in [0, 0.1) is 6.92 Å². The van der Waals surface area contributed by atoms with E-state index >= 15 is 0 Å². The van der Waals surface area contributed by atoms with Crippen molar-refractivity contribution >= 4 is 44.6 Å². The van der Waals surface area contributed by atoms with Gasteiger partial charge in [0.2, 0.25) is 0 Å². The number of esters is 1. The third-order valence-corrected chi connectivity index (χ3v) is 4.68. The number of rotatable bonds is 2. The highest BCUT2D eigenvalue weighted by atomic mass is 79.9. The number of thiophene rings is 1. The normalized spacial score (nSPS) is 10.4. The predicted molar refractivity (Wildman–Crippen MR) is 69.2 cm³/mol. The third kappa shape index (κ3) is 2.18. The summed E-state index contributed by atoms with van der Waals surface area (Å²) < 4.78 is 5.75. The molecule has 0 aliphatic rings. The summed E-state index contributed by atoms with van der Waals surface area (Å²) in [5.41, 5.74) is 0.402. The van der Waals surface area contributed by atoms with Crippen molar-refractivity contribution in [3.8, 4) is 9.75 Å². The summed E-state index contributed by atoms with van der Waals surface area (Å²) in [6.45, 7) is 1.88. The highest BCUT2D eigenvalue weighted by molar-refractivity contribution is 9.11. The van der Waals surface area contributed by atoms with Crippen LogP contribution < -0.4 is 0 Å².